The van der Waals surface area contributed by atoms with Crippen molar-refractivity contribution in [1.82, 2.24) is 0 Å². The van der Waals surface area contributed by atoms with Crippen molar-refractivity contribution in [1.29, 1.82) is 0 Å². The second-order valence-corrected chi connectivity index (χ2v) is 10.4. The van der Waals surface area contributed by atoms with Crippen LogP contribution in [0.2, 0.25) is 5.02 Å². The normalized spacial score (nSPS) is 15.1. The molecule has 34 heavy (non-hydrogen) atoms. The molecule has 4 aromatic carbocycles. The van der Waals surface area contributed by atoms with E-state index in [4.69, 9.17) is 16.3 Å². The van der Waals surface area contributed by atoms with Gasteiger partial charge < -0.3 is 4.74 Å². The Kier molecular flexibility index (Phi) is 5.94. The molecule has 172 valence electrons. The Morgan fingerprint density at radius 3 is 2.38 bits per heavy atom. The van der Waals surface area contributed by atoms with E-state index < -0.39 is 10.1 Å². The summed E-state index contributed by atoms with van der Waals surface area (Å²) >= 11 is 6.56. The molecular formula is C28H23ClO4S. The Hall–Kier alpha value is -3.12. The lowest BCUT2D eigenvalue weighted by Crippen LogP contribution is -2.18. The monoisotopic (exact) mass is 490 g/mol. The van der Waals surface area contributed by atoms with E-state index in [0.29, 0.717) is 23.4 Å². The number of rotatable bonds is 5. The summed E-state index contributed by atoms with van der Waals surface area (Å²) in [5.74, 6) is 0.763. The highest BCUT2D eigenvalue weighted by molar-refractivity contribution is 7.85. The van der Waals surface area contributed by atoms with Gasteiger partial charge in [-0.05, 0) is 53.4 Å². The van der Waals surface area contributed by atoms with Gasteiger partial charge in [-0.25, -0.2) is 0 Å². The van der Waals surface area contributed by atoms with Crippen LogP contribution in [0.15, 0.2) is 89.8 Å². The first-order valence-corrected chi connectivity index (χ1v) is 12.8. The van der Waals surface area contributed by atoms with E-state index in [-0.39, 0.29) is 11.0 Å². The highest BCUT2D eigenvalue weighted by Crippen LogP contribution is 2.44. The lowest BCUT2D eigenvalue weighted by molar-refractivity contribution is 0.233. The van der Waals surface area contributed by atoms with Crippen LogP contribution in [0.3, 0.4) is 0 Å². The van der Waals surface area contributed by atoms with E-state index in [9.17, 15) is 13.0 Å². The van der Waals surface area contributed by atoms with Gasteiger partial charge in [0.1, 0.15) is 11.9 Å². The molecule has 4 nitrogen and oxygen atoms in total. The van der Waals surface area contributed by atoms with Gasteiger partial charge in [0, 0.05) is 29.0 Å². The molecule has 4 aromatic rings. The second kappa shape index (κ2) is 8.91. The number of aryl methyl sites for hydroxylation is 1. The predicted molar refractivity (Wildman–Crippen MR) is 135 cm³/mol. The molecule has 0 bridgehead atoms. The van der Waals surface area contributed by atoms with Crippen LogP contribution in [-0.4, -0.2) is 19.1 Å². The predicted octanol–water partition coefficient (Wildman–Crippen LogP) is 6.78. The maximum Gasteiger partial charge on any atom is 0.294 e. The minimum absolute atomic E-state index is 0.0750. The fourth-order valence-corrected chi connectivity index (χ4v) is 5.54. The van der Waals surface area contributed by atoms with Gasteiger partial charge in [0.05, 0.1) is 4.90 Å². The van der Waals surface area contributed by atoms with Crippen LogP contribution in [0.25, 0.3) is 22.3 Å². The average Bonchev–Trinajstić information content (AvgIpc) is 3.21. The van der Waals surface area contributed by atoms with Gasteiger partial charge in [-0.1, -0.05) is 77.8 Å². The van der Waals surface area contributed by atoms with Gasteiger partial charge in [-0.3, -0.25) is 4.55 Å². The number of benzene rings is 4. The van der Waals surface area contributed by atoms with Crippen molar-refractivity contribution < 1.29 is 17.7 Å². The van der Waals surface area contributed by atoms with E-state index in [1.807, 2.05) is 49.4 Å². The van der Waals surface area contributed by atoms with Crippen molar-refractivity contribution in [2.24, 2.45) is 0 Å². The molecule has 0 aliphatic carbocycles. The van der Waals surface area contributed by atoms with Crippen molar-refractivity contribution in [2.75, 3.05) is 0 Å². The topological polar surface area (TPSA) is 63.6 Å². The molecule has 1 heterocycles. The summed E-state index contributed by atoms with van der Waals surface area (Å²) in [6.07, 6.45) is 0.699. The zero-order chi connectivity index (χ0) is 23.9. The molecule has 1 N–H and O–H groups in total. The van der Waals surface area contributed by atoms with Crippen molar-refractivity contribution in [3.05, 3.63) is 107 Å². The van der Waals surface area contributed by atoms with E-state index in [2.05, 4.69) is 24.3 Å². The molecule has 0 radical (unpaired) electrons. The molecule has 0 fully saturated rings. The minimum atomic E-state index is -4.33. The van der Waals surface area contributed by atoms with E-state index >= 15 is 0 Å². The molecule has 0 aromatic heterocycles. The zero-order valence-electron chi connectivity index (χ0n) is 18.5. The van der Waals surface area contributed by atoms with Gasteiger partial charge in [-0.2, -0.15) is 8.42 Å². The number of hydrogen-bond acceptors (Lipinski definition) is 3. The fraction of sp³-hybridized carbons (Fsp3) is 0.143. The first-order chi connectivity index (χ1) is 16.3. The third-order valence-electron chi connectivity index (χ3n) is 6.11. The maximum absolute atomic E-state index is 11.9. The van der Waals surface area contributed by atoms with Gasteiger partial charge in [-0.15, -0.1) is 0 Å². The summed E-state index contributed by atoms with van der Waals surface area (Å²) in [4.78, 5) is -0.0750. The van der Waals surface area contributed by atoms with Crippen LogP contribution in [-0.2, 0) is 23.0 Å². The van der Waals surface area contributed by atoms with Crippen LogP contribution in [0, 0.1) is 6.92 Å². The van der Waals surface area contributed by atoms with Crippen molar-refractivity contribution in [3.8, 4) is 28.0 Å². The molecule has 0 saturated heterocycles. The summed E-state index contributed by atoms with van der Waals surface area (Å²) in [7, 11) is -4.33. The minimum Gasteiger partial charge on any atom is -0.489 e. The summed E-state index contributed by atoms with van der Waals surface area (Å²) in [6.45, 7) is 1.89. The lowest BCUT2D eigenvalue weighted by atomic mass is 9.93. The highest BCUT2D eigenvalue weighted by Gasteiger charge is 2.29. The SMILES string of the molecule is Cc1ccc(S(=O)(=O)O)c(CC2Cc3cc(-c4ccccc4)cc(-c4ccccc4Cl)c3O2)c1. The zero-order valence-corrected chi connectivity index (χ0v) is 20.1. The summed E-state index contributed by atoms with van der Waals surface area (Å²) in [6, 6.07) is 26.9. The number of ether oxygens (including phenoxy) is 1. The standard InChI is InChI=1S/C28H23ClO4S/c1-18-11-12-27(34(30,31)32)21(13-18)15-23-16-22-14-20(19-7-3-2-4-8-19)17-25(28(22)33-23)24-9-5-6-10-26(24)29/h2-14,17,23H,15-16H2,1H3,(H,30,31,32). The Bertz CT molecular complexity index is 1480. The van der Waals surface area contributed by atoms with Gasteiger partial charge >= 0.3 is 0 Å². The number of halogens is 1. The Morgan fingerprint density at radius 1 is 0.912 bits per heavy atom. The van der Waals surface area contributed by atoms with Gasteiger partial charge in [0.25, 0.3) is 10.1 Å². The van der Waals surface area contributed by atoms with Gasteiger partial charge in [0.2, 0.25) is 0 Å². The van der Waals surface area contributed by atoms with E-state index in [1.54, 1.807) is 12.1 Å². The summed E-state index contributed by atoms with van der Waals surface area (Å²) < 4.78 is 40.0. The molecule has 0 saturated carbocycles. The first-order valence-electron chi connectivity index (χ1n) is 11.0. The molecule has 6 heteroatoms. The smallest absolute Gasteiger partial charge is 0.294 e. The molecule has 1 unspecified atom stereocenters. The quantitative estimate of drug-likeness (QED) is 0.313. The molecule has 0 amide bonds. The third-order valence-corrected chi connectivity index (χ3v) is 7.39. The molecule has 1 atom stereocenters. The average molecular weight is 491 g/mol. The number of fused-ring (bicyclic) bond motifs is 1. The van der Waals surface area contributed by atoms with Crippen molar-refractivity contribution >= 4 is 21.7 Å². The first kappa shape index (κ1) is 22.7. The Morgan fingerprint density at radius 2 is 1.65 bits per heavy atom. The van der Waals surface area contributed by atoms with Crippen LogP contribution in [0.5, 0.6) is 5.75 Å². The molecule has 0 spiro atoms. The van der Waals surface area contributed by atoms with Gasteiger partial charge in [0.15, 0.2) is 0 Å². The summed E-state index contributed by atoms with van der Waals surface area (Å²) in [5.41, 5.74) is 6.45. The van der Waals surface area contributed by atoms with Crippen LogP contribution >= 0.6 is 11.6 Å². The van der Waals surface area contributed by atoms with Crippen LogP contribution in [0.1, 0.15) is 16.7 Å². The van der Waals surface area contributed by atoms with Crippen LogP contribution in [0.4, 0.5) is 0 Å². The van der Waals surface area contributed by atoms with Crippen LogP contribution < -0.4 is 4.74 Å². The molecular weight excluding hydrogens is 468 g/mol. The van der Waals surface area contributed by atoms with Crippen molar-refractivity contribution in [2.45, 2.75) is 30.8 Å². The lowest BCUT2D eigenvalue weighted by Gasteiger charge is -2.16. The fourth-order valence-electron chi connectivity index (χ4n) is 4.59. The Labute approximate surface area is 204 Å². The Balaban J connectivity index is 1.57. The molecule has 5 rings (SSSR count). The summed E-state index contributed by atoms with van der Waals surface area (Å²) in [5, 5.41) is 0.634. The third kappa shape index (κ3) is 4.47. The van der Waals surface area contributed by atoms with Crippen molar-refractivity contribution in [3.63, 3.8) is 0 Å². The molecule has 1 aliphatic heterocycles. The maximum atomic E-state index is 11.9. The highest BCUT2D eigenvalue weighted by atomic mass is 35.5. The second-order valence-electron chi connectivity index (χ2n) is 8.59. The largest absolute Gasteiger partial charge is 0.489 e. The van der Waals surface area contributed by atoms with E-state index in [1.165, 1.54) is 6.07 Å². The van der Waals surface area contributed by atoms with E-state index in [0.717, 1.165) is 39.1 Å². The number of hydrogen-bond donors (Lipinski definition) is 1. The molecule has 1 aliphatic rings.